The monoisotopic (exact) mass is 397 g/mol. The van der Waals surface area contributed by atoms with Crippen LogP contribution in [0, 0.1) is 0 Å². The topological polar surface area (TPSA) is 79.0 Å². The second-order valence-corrected chi connectivity index (χ2v) is 7.82. The maximum absolute atomic E-state index is 10.9. The van der Waals surface area contributed by atoms with Crippen molar-refractivity contribution in [2.75, 3.05) is 33.3 Å². The molecule has 1 atom stereocenters. The van der Waals surface area contributed by atoms with Gasteiger partial charge in [0.15, 0.2) is 0 Å². The number of aliphatic hydroxyl groups is 1. The SMILES string of the molecule is CN(CCC(N)=O)Cc1cccc(OC[C@H](O)CN2CCc3ccccc3C2)c1. The number of carbonyl (C=O) groups excluding carboxylic acids is 1. The molecule has 0 saturated carbocycles. The summed E-state index contributed by atoms with van der Waals surface area (Å²) in [6.07, 6.45) is 0.830. The molecule has 0 bridgehead atoms. The molecule has 6 nitrogen and oxygen atoms in total. The number of primary amides is 1. The average molecular weight is 398 g/mol. The van der Waals surface area contributed by atoms with Crippen molar-refractivity contribution in [3.8, 4) is 5.75 Å². The Hall–Kier alpha value is -2.41. The molecule has 3 rings (SSSR count). The van der Waals surface area contributed by atoms with Crippen LogP contribution in [0.3, 0.4) is 0 Å². The predicted molar refractivity (Wildman–Crippen MR) is 114 cm³/mol. The zero-order valence-corrected chi connectivity index (χ0v) is 17.1. The highest BCUT2D eigenvalue weighted by Gasteiger charge is 2.18. The van der Waals surface area contributed by atoms with E-state index in [4.69, 9.17) is 10.5 Å². The number of benzene rings is 2. The van der Waals surface area contributed by atoms with E-state index < -0.39 is 6.10 Å². The van der Waals surface area contributed by atoms with Gasteiger partial charge >= 0.3 is 0 Å². The van der Waals surface area contributed by atoms with Gasteiger partial charge in [-0.2, -0.15) is 0 Å². The van der Waals surface area contributed by atoms with Crippen molar-refractivity contribution in [1.29, 1.82) is 0 Å². The summed E-state index contributed by atoms with van der Waals surface area (Å²) in [5, 5.41) is 10.4. The lowest BCUT2D eigenvalue weighted by Crippen LogP contribution is -2.38. The summed E-state index contributed by atoms with van der Waals surface area (Å²) in [5.74, 6) is 0.453. The van der Waals surface area contributed by atoms with Crippen LogP contribution in [0.15, 0.2) is 48.5 Å². The third-order valence-electron chi connectivity index (χ3n) is 5.21. The molecule has 3 N–H and O–H groups in total. The van der Waals surface area contributed by atoms with Crippen LogP contribution >= 0.6 is 0 Å². The van der Waals surface area contributed by atoms with Crippen LogP contribution < -0.4 is 10.5 Å². The molecule has 1 heterocycles. The van der Waals surface area contributed by atoms with E-state index in [0.29, 0.717) is 26.1 Å². The molecule has 0 fully saturated rings. The smallest absolute Gasteiger partial charge is 0.218 e. The van der Waals surface area contributed by atoms with Gasteiger partial charge in [0, 0.05) is 39.1 Å². The summed E-state index contributed by atoms with van der Waals surface area (Å²) < 4.78 is 5.83. The molecule has 1 aliphatic rings. The van der Waals surface area contributed by atoms with Crippen molar-refractivity contribution in [3.05, 3.63) is 65.2 Å². The number of carbonyl (C=O) groups is 1. The molecule has 0 aromatic heterocycles. The van der Waals surface area contributed by atoms with Gasteiger partial charge in [0.25, 0.3) is 0 Å². The first-order chi connectivity index (χ1) is 14.0. The van der Waals surface area contributed by atoms with Gasteiger partial charge in [-0.3, -0.25) is 9.69 Å². The highest BCUT2D eigenvalue weighted by molar-refractivity contribution is 5.73. The summed E-state index contributed by atoms with van der Waals surface area (Å²) in [5.41, 5.74) is 9.05. The minimum atomic E-state index is -0.540. The molecule has 2 aromatic carbocycles. The number of aliphatic hydroxyl groups excluding tert-OH is 1. The summed E-state index contributed by atoms with van der Waals surface area (Å²) in [7, 11) is 1.96. The van der Waals surface area contributed by atoms with Crippen molar-refractivity contribution >= 4 is 5.91 Å². The average Bonchev–Trinajstić information content (AvgIpc) is 2.71. The molecule has 2 aromatic rings. The molecule has 0 aliphatic carbocycles. The summed E-state index contributed by atoms with van der Waals surface area (Å²) >= 11 is 0. The minimum absolute atomic E-state index is 0.263. The lowest BCUT2D eigenvalue weighted by molar-refractivity contribution is -0.118. The fourth-order valence-electron chi connectivity index (χ4n) is 3.68. The van der Waals surface area contributed by atoms with E-state index >= 15 is 0 Å². The van der Waals surface area contributed by atoms with Gasteiger partial charge in [0.05, 0.1) is 0 Å². The number of fused-ring (bicyclic) bond motifs is 1. The minimum Gasteiger partial charge on any atom is -0.491 e. The molecule has 1 amide bonds. The van der Waals surface area contributed by atoms with Crippen LogP contribution in [0.5, 0.6) is 5.75 Å². The number of rotatable bonds is 10. The Kier molecular flexibility index (Phi) is 7.63. The van der Waals surface area contributed by atoms with Crippen LogP contribution in [0.2, 0.25) is 0 Å². The first kappa shape index (κ1) is 21.3. The van der Waals surface area contributed by atoms with Gasteiger partial charge in [0.1, 0.15) is 18.5 Å². The van der Waals surface area contributed by atoms with Crippen LogP contribution in [0.25, 0.3) is 0 Å². The molecule has 6 heteroatoms. The quantitative estimate of drug-likeness (QED) is 0.639. The molecular formula is C23H31N3O3. The van der Waals surface area contributed by atoms with Crippen molar-refractivity contribution in [3.63, 3.8) is 0 Å². The van der Waals surface area contributed by atoms with Crippen LogP contribution in [-0.4, -0.2) is 60.2 Å². The number of ether oxygens (including phenoxy) is 1. The van der Waals surface area contributed by atoms with Gasteiger partial charge in [-0.05, 0) is 42.3 Å². The van der Waals surface area contributed by atoms with Crippen molar-refractivity contribution in [2.24, 2.45) is 5.73 Å². The van der Waals surface area contributed by atoms with Crippen molar-refractivity contribution in [1.82, 2.24) is 9.80 Å². The third kappa shape index (κ3) is 6.85. The number of nitrogens with zero attached hydrogens (tertiary/aromatic N) is 2. The fraction of sp³-hybridized carbons (Fsp3) is 0.435. The zero-order valence-electron chi connectivity index (χ0n) is 17.1. The zero-order chi connectivity index (χ0) is 20.6. The van der Waals surface area contributed by atoms with E-state index in [-0.39, 0.29) is 12.5 Å². The van der Waals surface area contributed by atoms with Crippen molar-refractivity contribution in [2.45, 2.75) is 32.0 Å². The van der Waals surface area contributed by atoms with Crippen LogP contribution in [-0.2, 0) is 24.3 Å². The number of amides is 1. The summed E-state index contributed by atoms with van der Waals surface area (Å²) in [4.78, 5) is 15.2. The standard InChI is InChI=1S/C23H31N3O3/c1-25(11-10-23(24)28)14-18-5-4-8-22(13-18)29-17-21(27)16-26-12-9-19-6-2-3-7-20(19)15-26/h2-8,13,21,27H,9-12,14-17H2,1H3,(H2,24,28)/t21-/m1/s1. The van der Waals surface area contributed by atoms with Crippen LogP contribution in [0.4, 0.5) is 0 Å². The molecular weight excluding hydrogens is 366 g/mol. The Bertz CT molecular complexity index is 811. The van der Waals surface area contributed by atoms with Crippen molar-refractivity contribution < 1.29 is 14.6 Å². The largest absolute Gasteiger partial charge is 0.491 e. The first-order valence-electron chi connectivity index (χ1n) is 10.2. The van der Waals surface area contributed by atoms with Gasteiger partial charge in [0.2, 0.25) is 5.91 Å². The Balaban J connectivity index is 1.44. The third-order valence-corrected chi connectivity index (χ3v) is 5.21. The lowest BCUT2D eigenvalue weighted by Gasteiger charge is -2.30. The molecule has 29 heavy (non-hydrogen) atoms. The predicted octanol–water partition coefficient (Wildman–Crippen LogP) is 1.79. The molecule has 1 aliphatic heterocycles. The molecule has 0 radical (unpaired) electrons. The Morgan fingerprint density at radius 3 is 2.83 bits per heavy atom. The normalized spacial score (nSPS) is 15.1. The van der Waals surface area contributed by atoms with E-state index in [1.807, 2.05) is 36.2 Å². The maximum atomic E-state index is 10.9. The highest BCUT2D eigenvalue weighted by Crippen LogP contribution is 2.19. The fourth-order valence-corrected chi connectivity index (χ4v) is 3.68. The molecule has 156 valence electrons. The second-order valence-electron chi connectivity index (χ2n) is 7.82. The maximum Gasteiger partial charge on any atom is 0.218 e. The number of nitrogens with two attached hydrogens (primary N) is 1. The van der Waals surface area contributed by atoms with Gasteiger partial charge in [-0.15, -0.1) is 0 Å². The number of hydrogen-bond donors (Lipinski definition) is 2. The van der Waals surface area contributed by atoms with E-state index in [1.54, 1.807) is 0 Å². The Morgan fingerprint density at radius 1 is 1.24 bits per heavy atom. The molecule has 0 saturated heterocycles. The van der Waals surface area contributed by atoms with E-state index in [1.165, 1.54) is 11.1 Å². The Morgan fingerprint density at radius 2 is 2.03 bits per heavy atom. The Labute approximate surface area is 172 Å². The summed E-state index contributed by atoms with van der Waals surface area (Å²) in [6, 6.07) is 16.3. The highest BCUT2D eigenvalue weighted by atomic mass is 16.5. The molecule has 0 spiro atoms. The van der Waals surface area contributed by atoms with E-state index in [0.717, 1.165) is 30.8 Å². The number of hydrogen-bond acceptors (Lipinski definition) is 5. The van der Waals surface area contributed by atoms with E-state index in [9.17, 15) is 9.90 Å². The lowest BCUT2D eigenvalue weighted by atomic mass is 10.00. The van der Waals surface area contributed by atoms with Gasteiger partial charge < -0.3 is 20.5 Å². The summed E-state index contributed by atoms with van der Waals surface area (Å²) in [6.45, 7) is 4.03. The van der Waals surface area contributed by atoms with Gasteiger partial charge in [-0.25, -0.2) is 0 Å². The van der Waals surface area contributed by atoms with Gasteiger partial charge in [-0.1, -0.05) is 36.4 Å². The number of β-amino-alcohol motifs (C(OH)–C–C–N with tert-alkyl or cyclic N) is 1. The first-order valence-corrected chi connectivity index (χ1v) is 10.2. The second kappa shape index (κ2) is 10.4. The van der Waals surface area contributed by atoms with E-state index in [2.05, 4.69) is 29.2 Å². The molecule has 0 unspecified atom stereocenters. The van der Waals surface area contributed by atoms with Crippen LogP contribution in [0.1, 0.15) is 23.1 Å².